The number of nitrogens with zero attached hydrogens (tertiary/aromatic N) is 1. The van der Waals surface area contributed by atoms with E-state index in [0.717, 1.165) is 11.7 Å². The molecule has 0 saturated heterocycles. The van der Waals surface area contributed by atoms with Crippen LogP contribution in [0.15, 0.2) is 41.3 Å². The van der Waals surface area contributed by atoms with Gasteiger partial charge in [-0.15, -0.1) is 0 Å². The van der Waals surface area contributed by atoms with Gasteiger partial charge < -0.3 is 9.72 Å². The van der Waals surface area contributed by atoms with Crippen LogP contribution in [0.2, 0.25) is 0 Å². The molecule has 0 saturated carbocycles. The van der Waals surface area contributed by atoms with Crippen LogP contribution in [0.4, 0.5) is 0 Å². The summed E-state index contributed by atoms with van der Waals surface area (Å²) < 4.78 is 32.8. The monoisotopic (exact) mass is 386 g/mol. The van der Waals surface area contributed by atoms with E-state index in [1.54, 1.807) is 52.3 Å². The molecule has 0 bridgehead atoms. The molecule has 0 unspecified atom stereocenters. The van der Waals surface area contributed by atoms with Crippen molar-refractivity contribution >= 4 is 27.2 Å². The molecule has 0 atom stereocenters. The van der Waals surface area contributed by atoms with Crippen LogP contribution in [0.3, 0.4) is 0 Å². The number of carbonyl (C=O) groups is 1. The van der Waals surface area contributed by atoms with Gasteiger partial charge in [0.2, 0.25) is 10.0 Å². The molecule has 0 aliphatic heterocycles. The van der Waals surface area contributed by atoms with Crippen molar-refractivity contribution in [2.75, 3.05) is 14.2 Å². The van der Waals surface area contributed by atoms with Crippen LogP contribution in [0, 0.1) is 13.8 Å². The first-order valence-electron chi connectivity index (χ1n) is 8.45. The van der Waals surface area contributed by atoms with Gasteiger partial charge in [0.15, 0.2) is 6.29 Å². The number of aryl methyl sites for hydroxylation is 2. The second-order valence-corrected chi connectivity index (χ2v) is 8.56. The Labute approximate surface area is 158 Å². The number of aromatic amines is 1. The number of sulfonamides is 1. The fourth-order valence-corrected chi connectivity index (χ4v) is 4.89. The zero-order valence-electron chi connectivity index (χ0n) is 15.7. The lowest BCUT2D eigenvalue weighted by atomic mass is 10.1. The molecule has 142 valence electrons. The van der Waals surface area contributed by atoms with E-state index in [4.69, 9.17) is 4.74 Å². The summed E-state index contributed by atoms with van der Waals surface area (Å²) in [5.41, 5.74) is 3.25. The van der Waals surface area contributed by atoms with Gasteiger partial charge in [-0.25, -0.2) is 8.42 Å². The summed E-state index contributed by atoms with van der Waals surface area (Å²) in [4.78, 5) is 14.6. The number of fused-ring (bicyclic) bond motifs is 1. The maximum atomic E-state index is 13.1. The Morgan fingerprint density at radius 1 is 1.15 bits per heavy atom. The number of ether oxygens (including phenoxy) is 1. The number of nitrogens with one attached hydrogen (secondary N) is 1. The lowest BCUT2D eigenvalue weighted by Gasteiger charge is -2.20. The SMILES string of the molecule is COc1cc(C)c(S(=O)(=O)N(C)Cc2cc3cccc(C=O)c3[nH]2)c(C)c1. The van der Waals surface area contributed by atoms with Gasteiger partial charge >= 0.3 is 0 Å². The van der Waals surface area contributed by atoms with Crippen molar-refractivity contribution in [2.24, 2.45) is 0 Å². The molecule has 27 heavy (non-hydrogen) atoms. The zero-order chi connectivity index (χ0) is 19.8. The number of para-hydroxylation sites is 1. The first-order valence-corrected chi connectivity index (χ1v) is 9.89. The van der Waals surface area contributed by atoms with Crippen molar-refractivity contribution < 1.29 is 17.9 Å². The topological polar surface area (TPSA) is 79.5 Å². The molecule has 3 aromatic rings. The van der Waals surface area contributed by atoms with E-state index in [-0.39, 0.29) is 11.4 Å². The first-order chi connectivity index (χ1) is 12.8. The van der Waals surface area contributed by atoms with Crippen LogP contribution in [0.1, 0.15) is 27.2 Å². The Morgan fingerprint density at radius 2 is 1.81 bits per heavy atom. The molecule has 0 spiro atoms. The van der Waals surface area contributed by atoms with Gasteiger partial charge in [-0.2, -0.15) is 4.31 Å². The number of methoxy groups -OCH3 is 1. The molecule has 1 N–H and O–H groups in total. The molecule has 6 nitrogen and oxygen atoms in total. The summed E-state index contributed by atoms with van der Waals surface area (Å²) >= 11 is 0. The number of H-pyrrole nitrogens is 1. The number of benzene rings is 2. The third-order valence-corrected chi connectivity index (χ3v) is 6.71. The normalized spacial score (nSPS) is 11.9. The molecule has 0 aliphatic carbocycles. The maximum absolute atomic E-state index is 13.1. The van der Waals surface area contributed by atoms with Gasteiger partial charge in [-0.1, -0.05) is 12.1 Å². The van der Waals surface area contributed by atoms with Crippen molar-refractivity contribution in [2.45, 2.75) is 25.3 Å². The second-order valence-electron chi connectivity index (χ2n) is 6.58. The predicted molar refractivity (Wildman–Crippen MR) is 105 cm³/mol. The number of rotatable bonds is 6. The van der Waals surface area contributed by atoms with E-state index in [9.17, 15) is 13.2 Å². The van der Waals surface area contributed by atoms with Crippen molar-refractivity contribution in [3.63, 3.8) is 0 Å². The summed E-state index contributed by atoms with van der Waals surface area (Å²) in [7, 11) is -0.589. The Balaban J connectivity index is 1.96. The molecule has 7 heteroatoms. The zero-order valence-corrected chi connectivity index (χ0v) is 16.6. The van der Waals surface area contributed by atoms with Gasteiger partial charge in [-0.3, -0.25) is 4.79 Å². The van der Waals surface area contributed by atoms with E-state index in [2.05, 4.69) is 4.98 Å². The summed E-state index contributed by atoms with van der Waals surface area (Å²) in [5.74, 6) is 0.628. The Hall–Kier alpha value is -2.64. The van der Waals surface area contributed by atoms with Crippen LogP contribution in [-0.4, -0.2) is 38.2 Å². The minimum Gasteiger partial charge on any atom is -0.497 e. The fourth-order valence-electron chi connectivity index (χ4n) is 3.34. The van der Waals surface area contributed by atoms with E-state index >= 15 is 0 Å². The Kier molecular flexibility index (Phi) is 5.08. The molecule has 2 aromatic carbocycles. The van der Waals surface area contributed by atoms with E-state index < -0.39 is 10.0 Å². The number of aromatic nitrogens is 1. The molecule has 0 fully saturated rings. The van der Waals surface area contributed by atoms with Crippen LogP contribution < -0.4 is 4.74 Å². The van der Waals surface area contributed by atoms with Gasteiger partial charge in [0.05, 0.1) is 24.1 Å². The molecule has 0 radical (unpaired) electrons. The minimum atomic E-state index is -3.69. The highest BCUT2D eigenvalue weighted by atomic mass is 32.2. The van der Waals surface area contributed by atoms with Crippen LogP contribution >= 0.6 is 0 Å². The molecule has 0 amide bonds. The standard InChI is InChI=1S/C20H22N2O4S/c1-13-8-18(26-4)9-14(2)20(13)27(24,25)22(3)11-17-10-15-6-5-7-16(12-23)19(15)21-17/h5-10,12,21H,11H2,1-4H3. The van der Waals surface area contributed by atoms with Crippen molar-refractivity contribution in [1.29, 1.82) is 0 Å². The fraction of sp³-hybridized carbons (Fsp3) is 0.250. The van der Waals surface area contributed by atoms with Crippen LogP contribution in [0.25, 0.3) is 10.9 Å². The number of carbonyl (C=O) groups excluding carboxylic acids is 1. The van der Waals surface area contributed by atoms with Gasteiger partial charge in [-0.05, 0) is 49.2 Å². The minimum absolute atomic E-state index is 0.167. The van der Waals surface area contributed by atoms with E-state index in [1.165, 1.54) is 4.31 Å². The summed E-state index contributed by atoms with van der Waals surface area (Å²) in [6.07, 6.45) is 0.785. The molecule has 1 heterocycles. The quantitative estimate of drug-likeness (QED) is 0.658. The summed E-state index contributed by atoms with van der Waals surface area (Å²) in [6.45, 7) is 3.69. The van der Waals surface area contributed by atoms with Gasteiger partial charge in [0.1, 0.15) is 5.75 Å². The smallest absolute Gasteiger partial charge is 0.243 e. The molecule has 0 aliphatic rings. The highest BCUT2D eigenvalue weighted by Crippen LogP contribution is 2.29. The van der Waals surface area contributed by atoms with Crippen LogP contribution in [0.5, 0.6) is 5.75 Å². The lowest BCUT2D eigenvalue weighted by Crippen LogP contribution is -2.28. The molecule has 3 rings (SSSR count). The molecule has 1 aromatic heterocycles. The third-order valence-electron chi connectivity index (χ3n) is 4.60. The number of hydrogen-bond donors (Lipinski definition) is 1. The molecular weight excluding hydrogens is 364 g/mol. The Bertz CT molecular complexity index is 1090. The summed E-state index contributed by atoms with van der Waals surface area (Å²) in [6, 6.07) is 10.7. The molecular formula is C20H22N2O4S. The van der Waals surface area contributed by atoms with Gasteiger partial charge in [0.25, 0.3) is 0 Å². The summed E-state index contributed by atoms with van der Waals surface area (Å²) in [5, 5.41) is 0.872. The maximum Gasteiger partial charge on any atom is 0.243 e. The highest BCUT2D eigenvalue weighted by Gasteiger charge is 2.26. The van der Waals surface area contributed by atoms with Crippen molar-refractivity contribution in [3.8, 4) is 5.75 Å². The number of aldehydes is 1. The van der Waals surface area contributed by atoms with E-state index in [0.29, 0.717) is 33.7 Å². The predicted octanol–water partition coefficient (Wildman–Crippen LogP) is 3.43. The van der Waals surface area contributed by atoms with E-state index in [1.807, 2.05) is 12.1 Å². The van der Waals surface area contributed by atoms with Crippen LogP contribution in [-0.2, 0) is 16.6 Å². The lowest BCUT2D eigenvalue weighted by molar-refractivity contribution is 0.112. The van der Waals surface area contributed by atoms with Gasteiger partial charge in [0, 0.05) is 23.7 Å². The van der Waals surface area contributed by atoms with Crippen molar-refractivity contribution in [1.82, 2.24) is 9.29 Å². The first kappa shape index (κ1) is 19.1. The third kappa shape index (κ3) is 3.48. The Morgan fingerprint density at radius 3 is 2.41 bits per heavy atom. The number of hydrogen-bond acceptors (Lipinski definition) is 4. The largest absolute Gasteiger partial charge is 0.497 e. The second kappa shape index (κ2) is 7.17. The highest BCUT2D eigenvalue weighted by molar-refractivity contribution is 7.89. The average Bonchev–Trinajstić information content (AvgIpc) is 3.02. The van der Waals surface area contributed by atoms with Crippen molar-refractivity contribution in [3.05, 3.63) is 58.8 Å². The average molecular weight is 386 g/mol.